The molecule has 0 atom stereocenters. The highest BCUT2D eigenvalue weighted by atomic mass is 16.5. The monoisotopic (exact) mass is 358 g/mol. The van der Waals surface area contributed by atoms with Crippen LogP contribution in [0.5, 0.6) is 5.75 Å². The van der Waals surface area contributed by atoms with Crippen molar-refractivity contribution in [3.63, 3.8) is 0 Å². The molecular weight excluding hydrogens is 340 g/mol. The third kappa shape index (κ3) is 2.93. The number of anilines is 1. The van der Waals surface area contributed by atoms with Gasteiger partial charge in [0.2, 0.25) is 0 Å². The highest BCUT2D eigenvalue weighted by Gasteiger charge is 2.26. The summed E-state index contributed by atoms with van der Waals surface area (Å²) in [6.07, 6.45) is 3.52. The van der Waals surface area contributed by atoms with Crippen LogP contribution < -0.4 is 10.1 Å². The SMILES string of the molecule is COc1ccc2c(c1)NC(=O)C2=Cc1[nH]cc(C)c1C(=O)c1ccccc1. The van der Waals surface area contributed by atoms with Crippen LogP contribution in [0.15, 0.2) is 54.7 Å². The number of rotatable bonds is 4. The second-order valence-electron chi connectivity index (χ2n) is 6.38. The minimum absolute atomic E-state index is 0.0745. The molecule has 0 aliphatic carbocycles. The molecule has 5 heteroatoms. The Hall–Kier alpha value is -3.60. The van der Waals surface area contributed by atoms with Gasteiger partial charge >= 0.3 is 0 Å². The number of fused-ring (bicyclic) bond motifs is 1. The lowest BCUT2D eigenvalue weighted by atomic mass is 9.98. The molecule has 2 heterocycles. The van der Waals surface area contributed by atoms with Gasteiger partial charge in [-0.2, -0.15) is 0 Å². The molecule has 0 fully saturated rings. The topological polar surface area (TPSA) is 71.2 Å². The van der Waals surface area contributed by atoms with E-state index in [1.807, 2.05) is 37.3 Å². The first kappa shape index (κ1) is 16.8. The number of methoxy groups -OCH3 is 1. The first-order chi connectivity index (χ1) is 13.1. The molecule has 1 aromatic heterocycles. The van der Waals surface area contributed by atoms with Crippen LogP contribution >= 0.6 is 0 Å². The molecule has 4 rings (SSSR count). The summed E-state index contributed by atoms with van der Waals surface area (Å²) in [6, 6.07) is 14.5. The Morgan fingerprint density at radius 3 is 2.63 bits per heavy atom. The average Bonchev–Trinajstić information content (AvgIpc) is 3.21. The molecule has 1 aliphatic heterocycles. The van der Waals surface area contributed by atoms with Crippen LogP contribution in [0, 0.1) is 6.92 Å². The van der Waals surface area contributed by atoms with Crippen LogP contribution in [0.2, 0.25) is 0 Å². The van der Waals surface area contributed by atoms with Gasteiger partial charge < -0.3 is 15.0 Å². The number of H-pyrrole nitrogens is 1. The summed E-state index contributed by atoms with van der Waals surface area (Å²) >= 11 is 0. The maximum Gasteiger partial charge on any atom is 0.256 e. The summed E-state index contributed by atoms with van der Waals surface area (Å²) in [5, 5.41) is 2.84. The van der Waals surface area contributed by atoms with Crippen molar-refractivity contribution in [3.05, 3.63) is 82.7 Å². The van der Waals surface area contributed by atoms with Gasteiger partial charge in [-0.05, 0) is 30.7 Å². The zero-order chi connectivity index (χ0) is 19.0. The maximum atomic E-state index is 13.0. The summed E-state index contributed by atoms with van der Waals surface area (Å²) in [5.41, 5.74) is 4.64. The van der Waals surface area contributed by atoms with Crippen LogP contribution in [-0.2, 0) is 4.79 Å². The number of aromatic nitrogens is 1. The van der Waals surface area contributed by atoms with E-state index in [0.29, 0.717) is 33.8 Å². The Labute approximate surface area is 156 Å². The van der Waals surface area contributed by atoms with Crippen LogP contribution in [0.25, 0.3) is 11.6 Å². The van der Waals surface area contributed by atoms with E-state index in [9.17, 15) is 9.59 Å². The number of carbonyl (C=O) groups is 2. The van der Waals surface area contributed by atoms with Gasteiger partial charge in [-0.1, -0.05) is 30.3 Å². The minimum Gasteiger partial charge on any atom is -0.497 e. The van der Waals surface area contributed by atoms with Gasteiger partial charge in [-0.15, -0.1) is 0 Å². The number of benzene rings is 2. The van der Waals surface area contributed by atoms with Crippen molar-refractivity contribution in [1.82, 2.24) is 4.98 Å². The Balaban J connectivity index is 1.79. The van der Waals surface area contributed by atoms with E-state index in [2.05, 4.69) is 10.3 Å². The lowest BCUT2D eigenvalue weighted by molar-refractivity contribution is -0.110. The molecular formula is C22H18N2O3. The summed E-state index contributed by atoms with van der Waals surface area (Å²) < 4.78 is 5.21. The molecule has 0 radical (unpaired) electrons. The fourth-order valence-electron chi connectivity index (χ4n) is 3.28. The Morgan fingerprint density at radius 2 is 1.89 bits per heavy atom. The predicted molar refractivity (Wildman–Crippen MR) is 105 cm³/mol. The number of carbonyl (C=O) groups excluding carboxylic acids is 2. The molecule has 134 valence electrons. The molecule has 0 saturated carbocycles. The number of nitrogens with one attached hydrogen (secondary N) is 2. The van der Waals surface area contributed by atoms with Gasteiger partial charge in [0, 0.05) is 23.4 Å². The lowest BCUT2D eigenvalue weighted by Gasteiger charge is -2.04. The normalized spacial score (nSPS) is 14.1. The van der Waals surface area contributed by atoms with Crippen molar-refractivity contribution in [2.45, 2.75) is 6.92 Å². The zero-order valence-corrected chi connectivity index (χ0v) is 15.0. The van der Waals surface area contributed by atoms with Crippen molar-refractivity contribution < 1.29 is 14.3 Å². The summed E-state index contributed by atoms with van der Waals surface area (Å²) in [7, 11) is 1.58. The maximum absolute atomic E-state index is 13.0. The molecule has 0 spiro atoms. The lowest BCUT2D eigenvalue weighted by Crippen LogP contribution is -2.06. The first-order valence-corrected chi connectivity index (χ1v) is 8.57. The molecule has 27 heavy (non-hydrogen) atoms. The van der Waals surface area contributed by atoms with Crippen molar-refractivity contribution in [1.29, 1.82) is 0 Å². The third-order valence-corrected chi connectivity index (χ3v) is 4.67. The van der Waals surface area contributed by atoms with Crippen LogP contribution in [0.3, 0.4) is 0 Å². The molecule has 1 aliphatic rings. The van der Waals surface area contributed by atoms with E-state index in [1.54, 1.807) is 37.6 Å². The van der Waals surface area contributed by atoms with Crippen LogP contribution in [-0.4, -0.2) is 23.8 Å². The molecule has 2 N–H and O–H groups in total. The Kier molecular flexibility index (Phi) is 4.12. The molecule has 0 saturated heterocycles. The molecule has 0 bridgehead atoms. The molecule has 3 aromatic rings. The van der Waals surface area contributed by atoms with Crippen molar-refractivity contribution in [3.8, 4) is 5.75 Å². The third-order valence-electron chi connectivity index (χ3n) is 4.67. The number of hydrogen-bond acceptors (Lipinski definition) is 3. The fraction of sp³-hybridized carbons (Fsp3) is 0.0909. The number of amides is 1. The fourth-order valence-corrected chi connectivity index (χ4v) is 3.28. The highest BCUT2D eigenvalue weighted by Crippen LogP contribution is 2.36. The number of hydrogen-bond donors (Lipinski definition) is 2. The molecule has 1 amide bonds. The predicted octanol–water partition coefficient (Wildman–Crippen LogP) is 4.06. The van der Waals surface area contributed by atoms with E-state index in [1.165, 1.54) is 0 Å². The number of aryl methyl sites for hydroxylation is 1. The first-order valence-electron chi connectivity index (χ1n) is 8.57. The number of ether oxygens (including phenoxy) is 1. The van der Waals surface area contributed by atoms with Crippen molar-refractivity contribution in [2.75, 3.05) is 12.4 Å². The summed E-state index contributed by atoms with van der Waals surface area (Å²) in [5.74, 6) is 0.393. The largest absolute Gasteiger partial charge is 0.497 e. The Bertz CT molecular complexity index is 1080. The van der Waals surface area contributed by atoms with Gasteiger partial charge in [-0.3, -0.25) is 9.59 Å². The van der Waals surface area contributed by atoms with Gasteiger partial charge in [0.25, 0.3) is 5.91 Å². The average molecular weight is 358 g/mol. The van der Waals surface area contributed by atoms with E-state index >= 15 is 0 Å². The highest BCUT2D eigenvalue weighted by molar-refractivity contribution is 6.35. The van der Waals surface area contributed by atoms with Crippen LogP contribution in [0.4, 0.5) is 5.69 Å². The molecule has 0 unspecified atom stereocenters. The second-order valence-corrected chi connectivity index (χ2v) is 6.38. The minimum atomic E-state index is -0.205. The Morgan fingerprint density at radius 1 is 1.11 bits per heavy atom. The van der Waals surface area contributed by atoms with E-state index in [0.717, 1.165) is 11.1 Å². The summed E-state index contributed by atoms with van der Waals surface area (Å²) in [4.78, 5) is 28.6. The summed E-state index contributed by atoms with van der Waals surface area (Å²) in [6.45, 7) is 1.88. The van der Waals surface area contributed by atoms with Gasteiger partial charge in [0.1, 0.15) is 5.75 Å². The zero-order valence-electron chi connectivity index (χ0n) is 15.0. The standard InChI is InChI=1S/C22H18N2O3/c1-13-12-23-19(20(13)21(25)14-6-4-3-5-7-14)11-17-16-9-8-15(27-2)10-18(16)24-22(17)26/h3-12,23H,1-2H3,(H,24,26). The number of ketones is 1. The van der Waals surface area contributed by atoms with Gasteiger partial charge in [-0.25, -0.2) is 0 Å². The van der Waals surface area contributed by atoms with Gasteiger partial charge in [0.05, 0.1) is 29.6 Å². The van der Waals surface area contributed by atoms with Crippen molar-refractivity contribution >= 4 is 29.0 Å². The smallest absolute Gasteiger partial charge is 0.256 e. The second kappa shape index (κ2) is 6.61. The molecule has 5 nitrogen and oxygen atoms in total. The molecule has 2 aromatic carbocycles. The van der Waals surface area contributed by atoms with Gasteiger partial charge in [0.15, 0.2) is 5.78 Å². The van der Waals surface area contributed by atoms with E-state index in [-0.39, 0.29) is 11.7 Å². The van der Waals surface area contributed by atoms with E-state index < -0.39 is 0 Å². The number of aromatic amines is 1. The van der Waals surface area contributed by atoms with Crippen molar-refractivity contribution in [2.24, 2.45) is 0 Å². The van der Waals surface area contributed by atoms with E-state index in [4.69, 9.17) is 4.74 Å². The van der Waals surface area contributed by atoms with Crippen LogP contribution in [0.1, 0.15) is 32.7 Å². The quantitative estimate of drug-likeness (QED) is 0.546.